The van der Waals surface area contributed by atoms with E-state index in [1.54, 1.807) is 12.1 Å². The van der Waals surface area contributed by atoms with E-state index in [1.165, 1.54) is 24.3 Å². The monoisotopic (exact) mass is 424 g/mol. The van der Waals surface area contributed by atoms with E-state index in [1.807, 2.05) is 6.07 Å². The maximum absolute atomic E-state index is 13.0. The largest absolute Gasteiger partial charge is 0.391 e. The third-order valence-electron chi connectivity index (χ3n) is 4.86. The van der Waals surface area contributed by atoms with Crippen molar-refractivity contribution in [2.45, 2.75) is 44.3 Å². The fourth-order valence-electron chi connectivity index (χ4n) is 3.48. The Hall–Kier alpha value is -2.54. The normalized spacial score (nSPS) is 14.6. The molecule has 2 amide bonds. The van der Waals surface area contributed by atoms with Crippen LogP contribution in [-0.4, -0.2) is 18.0 Å². The van der Waals surface area contributed by atoms with Gasteiger partial charge in [-0.05, 0) is 60.6 Å². The molecule has 0 unspecified atom stereocenters. The number of hydrogen-bond acceptors (Lipinski definition) is 2. The van der Waals surface area contributed by atoms with Gasteiger partial charge in [-0.15, -0.1) is 0 Å². The lowest BCUT2D eigenvalue weighted by atomic mass is 9.90. The van der Waals surface area contributed by atoms with Crippen molar-refractivity contribution in [1.29, 1.82) is 0 Å². The summed E-state index contributed by atoms with van der Waals surface area (Å²) in [6.45, 7) is 0. The molecule has 4 nitrogen and oxygen atoms in total. The van der Waals surface area contributed by atoms with Crippen LogP contribution in [0.2, 0.25) is 5.02 Å². The highest BCUT2D eigenvalue weighted by molar-refractivity contribution is 6.39. The first-order valence-corrected chi connectivity index (χ1v) is 9.65. The van der Waals surface area contributed by atoms with Crippen LogP contribution in [0, 0.1) is 0 Å². The smallest absolute Gasteiger partial charge is 0.341 e. The molecule has 0 fully saturated rings. The summed E-state index contributed by atoms with van der Waals surface area (Å²) in [5, 5.41) is 5.10. The Morgan fingerprint density at radius 1 is 1.00 bits per heavy atom. The van der Waals surface area contributed by atoms with Crippen molar-refractivity contribution in [2.24, 2.45) is 0 Å². The summed E-state index contributed by atoms with van der Waals surface area (Å²) in [7, 11) is 0. The lowest BCUT2D eigenvalue weighted by molar-refractivity contribution is -0.146. The molecule has 2 aromatic rings. The Morgan fingerprint density at radius 3 is 2.38 bits per heavy atom. The summed E-state index contributed by atoms with van der Waals surface area (Å²) in [6, 6.07) is 9.72. The molecule has 0 spiro atoms. The zero-order valence-electron chi connectivity index (χ0n) is 15.5. The first-order valence-electron chi connectivity index (χ1n) is 9.28. The van der Waals surface area contributed by atoms with Gasteiger partial charge in [0.15, 0.2) is 0 Å². The Bertz CT molecular complexity index is 898. The highest BCUT2D eigenvalue weighted by atomic mass is 35.5. The van der Waals surface area contributed by atoms with Crippen molar-refractivity contribution in [3.8, 4) is 0 Å². The van der Waals surface area contributed by atoms with Gasteiger partial charge in [0.2, 0.25) is 0 Å². The van der Waals surface area contributed by atoms with Crippen molar-refractivity contribution < 1.29 is 22.8 Å². The number of carbonyl (C=O) groups excluding carboxylic acids is 2. The van der Waals surface area contributed by atoms with Gasteiger partial charge in [0, 0.05) is 10.7 Å². The molecule has 1 atom stereocenters. The van der Waals surface area contributed by atoms with Crippen LogP contribution in [0.5, 0.6) is 0 Å². The van der Waals surface area contributed by atoms with E-state index in [2.05, 4.69) is 10.6 Å². The molecule has 2 aromatic carbocycles. The standard InChI is InChI=1S/C21H20ClF3N2O2/c22-15-10-8-14(9-11-15)18(12-21(23,24)25)27-20(29)19(28)26-17-7-3-5-13-4-1-2-6-16(13)17/h3,5,7-11,18H,1-2,4,6,12H2,(H,26,28)(H,27,29)/t18-/m1/s1. The minimum atomic E-state index is -4.52. The van der Waals surface area contributed by atoms with Gasteiger partial charge in [-0.3, -0.25) is 9.59 Å². The highest BCUT2D eigenvalue weighted by Gasteiger charge is 2.34. The molecule has 0 saturated heterocycles. The Labute approximate surface area is 171 Å². The van der Waals surface area contributed by atoms with E-state index in [0.29, 0.717) is 10.7 Å². The van der Waals surface area contributed by atoms with E-state index < -0.39 is 30.5 Å². The van der Waals surface area contributed by atoms with E-state index >= 15 is 0 Å². The Kier molecular flexibility index (Phi) is 6.47. The van der Waals surface area contributed by atoms with Crippen molar-refractivity contribution in [3.63, 3.8) is 0 Å². The summed E-state index contributed by atoms with van der Waals surface area (Å²) in [6.07, 6.45) is -2.09. The molecule has 0 radical (unpaired) electrons. The number of benzene rings is 2. The molecule has 1 aliphatic carbocycles. The van der Waals surface area contributed by atoms with E-state index in [9.17, 15) is 22.8 Å². The van der Waals surface area contributed by atoms with Crippen LogP contribution in [0.4, 0.5) is 18.9 Å². The first kappa shape index (κ1) is 21.2. The van der Waals surface area contributed by atoms with Crippen LogP contribution in [0.1, 0.15) is 42.0 Å². The molecule has 0 aliphatic heterocycles. The van der Waals surface area contributed by atoms with Gasteiger partial charge in [-0.25, -0.2) is 0 Å². The number of fused-ring (bicyclic) bond motifs is 1. The van der Waals surface area contributed by atoms with Gasteiger partial charge < -0.3 is 10.6 Å². The van der Waals surface area contributed by atoms with Crippen molar-refractivity contribution in [3.05, 3.63) is 64.2 Å². The first-order chi connectivity index (χ1) is 13.7. The van der Waals surface area contributed by atoms with Crippen molar-refractivity contribution in [1.82, 2.24) is 5.32 Å². The minimum absolute atomic E-state index is 0.213. The van der Waals surface area contributed by atoms with Gasteiger partial charge in [0.05, 0.1) is 12.5 Å². The van der Waals surface area contributed by atoms with Crippen LogP contribution in [-0.2, 0) is 22.4 Å². The zero-order chi connectivity index (χ0) is 21.0. The van der Waals surface area contributed by atoms with Crippen molar-refractivity contribution in [2.75, 3.05) is 5.32 Å². The summed E-state index contributed by atoms with van der Waals surface area (Å²) in [5.74, 6) is -2.12. The number of halogens is 4. The molecule has 154 valence electrons. The Balaban J connectivity index is 1.74. The average Bonchev–Trinajstić information content (AvgIpc) is 2.67. The number of anilines is 1. The predicted octanol–water partition coefficient (Wildman–Crippen LogP) is 4.97. The fraction of sp³-hybridized carbons (Fsp3) is 0.333. The molecule has 0 saturated carbocycles. The van der Waals surface area contributed by atoms with Gasteiger partial charge in [-0.1, -0.05) is 35.9 Å². The summed E-state index contributed by atoms with van der Waals surface area (Å²) in [5.41, 5.74) is 2.83. The van der Waals surface area contributed by atoms with Crippen LogP contribution in [0.3, 0.4) is 0 Å². The third-order valence-corrected chi connectivity index (χ3v) is 5.12. The topological polar surface area (TPSA) is 58.2 Å². The maximum atomic E-state index is 13.0. The van der Waals surface area contributed by atoms with Gasteiger partial charge in [-0.2, -0.15) is 13.2 Å². The van der Waals surface area contributed by atoms with E-state index in [-0.39, 0.29) is 5.56 Å². The molecule has 0 heterocycles. The number of nitrogens with one attached hydrogen (secondary N) is 2. The minimum Gasteiger partial charge on any atom is -0.341 e. The van der Waals surface area contributed by atoms with E-state index in [4.69, 9.17) is 11.6 Å². The predicted molar refractivity (Wildman–Crippen MR) is 105 cm³/mol. The highest BCUT2D eigenvalue weighted by Crippen LogP contribution is 2.31. The third kappa shape index (κ3) is 5.73. The van der Waals surface area contributed by atoms with Gasteiger partial charge in [0.1, 0.15) is 0 Å². The second-order valence-electron chi connectivity index (χ2n) is 7.00. The number of hydrogen-bond donors (Lipinski definition) is 2. The number of rotatable bonds is 4. The fourth-order valence-corrected chi connectivity index (χ4v) is 3.61. The quantitative estimate of drug-likeness (QED) is 0.681. The Morgan fingerprint density at radius 2 is 1.69 bits per heavy atom. The van der Waals surface area contributed by atoms with Crippen LogP contribution in [0.15, 0.2) is 42.5 Å². The molecule has 0 aromatic heterocycles. The zero-order valence-corrected chi connectivity index (χ0v) is 16.2. The summed E-state index contributed by atoms with van der Waals surface area (Å²) < 4.78 is 38.9. The number of amides is 2. The van der Waals surface area contributed by atoms with Crippen LogP contribution in [0.25, 0.3) is 0 Å². The van der Waals surface area contributed by atoms with Crippen molar-refractivity contribution >= 4 is 29.1 Å². The van der Waals surface area contributed by atoms with E-state index in [0.717, 1.165) is 36.8 Å². The molecular weight excluding hydrogens is 405 g/mol. The second kappa shape index (κ2) is 8.86. The lowest BCUT2D eigenvalue weighted by Crippen LogP contribution is -2.39. The molecule has 8 heteroatoms. The maximum Gasteiger partial charge on any atom is 0.391 e. The molecule has 29 heavy (non-hydrogen) atoms. The molecule has 1 aliphatic rings. The SMILES string of the molecule is O=C(Nc1cccc2c1CCCC2)C(=O)N[C@H](CC(F)(F)F)c1ccc(Cl)cc1. The van der Waals surface area contributed by atoms with Gasteiger partial charge >= 0.3 is 18.0 Å². The molecular formula is C21H20ClF3N2O2. The second-order valence-corrected chi connectivity index (χ2v) is 7.44. The molecule has 2 N–H and O–H groups in total. The summed E-state index contributed by atoms with van der Waals surface area (Å²) in [4.78, 5) is 24.7. The lowest BCUT2D eigenvalue weighted by Gasteiger charge is -2.22. The number of alkyl halides is 3. The summed E-state index contributed by atoms with van der Waals surface area (Å²) >= 11 is 5.78. The number of aryl methyl sites for hydroxylation is 1. The molecule has 0 bridgehead atoms. The number of carbonyl (C=O) groups is 2. The average molecular weight is 425 g/mol. The van der Waals surface area contributed by atoms with Gasteiger partial charge in [0.25, 0.3) is 0 Å². The van der Waals surface area contributed by atoms with Crippen LogP contribution >= 0.6 is 11.6 Å². The van der Waals surface area contributed by atoms with Crippen LogP contribution < -0.4 is 10.6 Å². The molecule has 3 rings (SSSR count).